The van der Waals surface area contributed by atoms with E-state index in [-0.39, 0.29) is 30.9 Å². The molecule has 3 aromatic rings. The number of hydrogen-bond acceptors (Lipinski definition) is 4. The van der Waals surface area contributed by atoms with E-state index in [0.29, 0.717) is 5.69 Å². The largest absolute Gasteiger partial charge is 0.487 e. The fourth-order valence-electron chi connectivity index (χ4n) is 2.75. The molecule has 0 spiro atoms. The maximum atomic E-state index is 13.4. The van der Waals surface area contributed by atoms with Gasteiger partial charge in [-0.25, -0.2) is 4.98 Å². The number of benzene rings is 2. The number of aromatic nitrogens is 1. The van der Waals surface area contributed by atoms with Gasteiger partial charge < -0.3 is 9.47 Å². The average Bonchev–Trinajstić information content (AvgIpc) is 2.66. The van der Waals surface area contributed by atoms with Crippen LogP contribution in [0.4, 0.5) is 13.2 Å². The van der Waals surface area contributed by atoms with Crippen LogP contribution in [0.5, 0.6) is 5.75 Å². The summed E-state index contributed by atoms with van der Waals surface area (Å²) < 4.78 is 50.5. The Labute approximate surface area is 159 Å². The number of esters is 1. The zero-order chi connectivity index (χ0) is 20.1. The molecule has 7 heteroatoms. The van der Waals surface area contributed by atoms with Crippen LogP contribution in [0, 0.1) is 0 Å². The number of ether oxygens (including phenoxy) is 2. The van der Waals surface area contributed by atoms with Crippen LogP contribution in [0.1, 0.15) is 23.7 Å². The molecule has 0 unspecified atom stereocenters. The molecule has 146 valence electrons. The van der Waals surface area contributed by atoms with E-state index in [4.69, 9.17) is 9.47 Å². The highest BCUT2D eigenvalue weighted by atomic mass is 19.4. The van der Waals surface area contributed by atoms with Gasteiger partial charge in [-0.3, -0.25) is 4.79 Å². The molecule has 0 amide bonds. The molecule has 3 rings (SSSR count). The molecule has 1 aromatic heterocycles. The van der Waals surface area contributed by atoms with Crippen LogP contribution < -0.4 is 4.74 Å². The van der Waals surface area contributed by atoms with Crippen LogP contribution in [-0.4, -0.2) is 17.6 Å². The molecular weight excluding hydrogens is 371 g/mol. The molecule has 28 heavy (non-hydrogen) atoms. The van der Waals surface area contributed by atoms with E-state index in [2.05, 4.69) is 4.98 Å². The average molecular weight is 389 g/mol. The third kappa shape index (κ3) is 4.79. The second kappa shape index (κ2) is 8.29. The summed E-state index contributed by atoms with van der Waals surface area (Å²) in [5.74, 6) is -0.889. The summed E-state index contributed by atoms with van der Waals surface area (Å²) in [6, 6.07) is 14.6. The molecule has 0 aliphatic carbocycles. The van der Waals surface area contributed by atoms with Crippen molar-refractivity contribution in [1.82, 2.24) is 4.98 Å². The van der Waals surface area contributed by atoms with E-state index in [1.165, 1.54) is 12.1 Å². The molecule has 0 radical (unpaired) electrons. The quantitative estimate of drug-likeness (QED) is 0.561. The second-order valence-electron chi connectivity index (χ2n) is 6.09. The van der Waals surface area contributed by atoms with Crippen LogP contribution in [0.3, 0.4) is 0 Å². The second-order valence-corrected chi connectivity index (χ2v) is 6.09. The number of carbonyl (C=O) groups is 1. The van der Waals surface area contributed by atoms with Gasteiger partial charge in [0.1, 0.15) is 12.4 Å². The highest BCUT2D eigenvalue weighted by molar-refractivity contribution is 5.78. The topological polar surface area (TPSA) is 48.4 Å². The molecular formula is C21H18F3NO3. The number of hydrogen-bond donors (Lipinski definition) is 0. The van der Waals surface area contributed by atoms with E-state index in [1.807, 2.05) is 30.3 Å². The summed E-state index contributed by atoms with van der Waals surface area (Å²) in [7, 11) is 0. The van der Waals surface area contributed by atoms with Gasteiger partial charge in [0.2, 0.25) is 0 Å². The molecule has 0 N–H and O–H groups in total. The molecule has 1 heterocycles. The summed E-state index contributed by atoms with van der Waals surface area (Å²) in [6.07, 6.45) is -4.85. The van der Waals surface area contributed by atoms with Crippen molar-refractivity contribution in [2.75, 3.05) is 6.61 Å². The first-order valence-corrected chi connectivity index (χ1v) is 8.70. The van der Waals surface area contributed by atoms with Gasteiger partial charge in [-0.05, 0) is 36.8 Å². The number of halogens is 3. The Morgan fingerprint density at radius 1 is 1.07 bits per heavy atom. The van der Waals surface area contributed by atoms with Crippen LogP contribution >= 0.6 is 0 Å². The first-order valence-electron chi connectivity index (χ1n) is 8.70. The van der Waals surface area contributed by atoms with E-state index < -0.39 is 17.7 Å². The third-order valence-electron chi connectivity index (χ3n) is 4.03. The zero-order valence-corrected chi connectivity index (χ0v) is 15.1. The fraction of sp³-hybridized carbons (Fsp3) is 0.238. The van der Waals surface area contributed by atoms with Crippen molar-refractivity contribution in [3.8, 4) is 5.75 Å². The zero-order valence-electron chi connectivity index (χ0n) is 15.1. The van der Waals surface area contributed by atoms with Gasteiger partial charge in [-0.2, -0.15) is 13.2 Å². The monoisotopic (exact) mass is 389 g/mol. The van der Waals surface area contributed by atoms with E-state index in [0.717, 1.165) is 17.0 Å². The van der Waals surface area contributed by atoms with Crippen molar-refractivity contribution in [2.24, 2.45) is 0 Å². The smallest absolute Gasteiger partial charge is 0.419 e. The minimum atomic E-state index is -4.61. The molecule has 0 aliphatic rings. The number of carbonyl (C=O) groups excluding carboxylic acids is 1. The first-order chi connectivity index (χ1) is 13.4. The Morgan fingerprint density at radius 2 is 1.86 bits per heavy atom. The molecule has 0 fully saturated rings. The third-order valence-corrected chi connectivity index (χ3v) is 4.03. The van der Waals surface area contributed by atoms with Crippen molar-refractivity contribution in [1.29, 1.82) is 0 Å². The fourth-order valence-corrected chi connectivity index (χ4v) is 2.75. The minimum Gasteiger partial charge on any atom is -0.487 e. The van der Waals surface area contributed by atoms with Gasteiger partial charge in [-0.1, -0.05) is 30.3 Å². The SMILES string of the molecule is CCOC(=O)Cc1ccc(OCc2ccc3ccccc3n2)c(C(F)(F)F)c1. The number of pyridine rings is 1. The number of rotatable bonds is 6. The molecule has 0 atom stereocenters. The van der Waals surface area contributed by atoms with Crippen LogP contribution in [0.15, 0.2) is 54.6 Å². The minimum absolute atomic E-state index is 0.106. The lowest BCUT2D eigenvalue weighted by Gasteiger charge is -2.15. The highest BCUT2D eigenvalue weighted by Crippen LogP contribution is 2.37. The molecule has 2 aromatic carbocycles. The Balaban J connectivity index is 1.80. The maximum Gasteiger partial charge on any atom is 0.419 e. The van der Waals surface area contributed by atoms with Gasteiger partial charge in [0.25, 0.3) is 0 Å². The molecule has 0 bridgehead atoms. The van der Waals surface area contributed by atoms with Gasteiger partial charge in [0.15, 0.2) is 0 Å². The van der Waals surface area contributed by atoms with E-state index in [9.17, 15) is 18.0 Å². The Bertz CT molecular complexity index is 986. The van der Waals surface area contributed by atoms with Gasteiger partial charge >= 0.3 is 12.1 Å². The molecule has 0 saturated heterocycles. The molecule has 0 saturated carbocycles. The summed E-state index contributed by atoms with van der Waals surface area (Å²) in [5.41, 5.74) is 0.531. The van der Waals surface area contributed by atoms with Gasteiger partial charge in [-0.15, -0.1) is 0 Å². The molecule has 0 aliphatic heterocycles. The predicted octanol–water partition coefficient (Wildman–Crippen LogP) is 4.94. The predicted molar refractivity (Wildman–Crippen MR) is 97.9 cm³/mol. The van der Waals surface area contributed by atoms with Crippen molar-refractivity contribution < 1.29 is 27.4 Å². The number of fused-ring (bicyclic) bond motifs is 1. The van der Waals surface area contributed by atoms with Crippen molar-refractivity contribution in [2.45, 2.75) is 26.1 Å². The van der Waals surface area contributed by atoms with Crippen LogP contribution in [0.2, 0.25) is 0 Å². The number of nitrogens with zero attached hydrogens (tertiary/aromatic N) is 1. The Hall–Kier alpha value is -3.09. The number of alkyl halides is 3. The van der Waals surface area contributed by atoms with Crippen molar-refractivity contribution >= 4 is 16.9 Å². The lowest BCUT2D eigenvalue weighted by molar-refractivity contribution is -0.143. The van der Waals surface area contributed by atoms with Gasteiger partial charge in [0.05, 0.1) is 29.8 Å². The summed E-state index contributed by atoms with van der Waals surface area (Å²) in [4.78, 5) is 15.9. The van der Waals surface area contributed by atoms with Crippen molar-refractivity contribution in [3.05, 3.63) is 71.4 Å². The Kier molecular flexibility index (Phi) is 5.82. The summed E-state index contributed by atoms with van der Waals surface area (Å²) in [5, 5.41) is 0.936. The first kappa shape index (κ1) is 19.7. The van der Waals surface area contributed by atoms with E-state index in [1.54, 1.807) is 13.0 Å². The van der Waals surface area contributed by atoms with E-state index >= 15 is 0 Å². The Morgan fingerprint density at radius 3 is 2.61 bits per heavy atom. The lowest BCUT2D eigenvalue weighted by Crippen LogP contribution is -2.12. The maximum absolute atomic E-state index is 13.4. The van der Waals surface area contributed by atoms with Gasteiger partial charge in [0, 0.05) is 5.39 Å². The summed E-state index contributed by atoms with van der Waals surface area (Å²) >= 11 is 0. The standard InChI is InChI=1S/C21H18F3NO3/c1-2-27-20(26)12-14-7-10-19(17(11-14)21(22,23)24)28-13-16-9-8-15-5-3-4-6-18(15)25-16/h3-11H,2,12-13H2,1H3. The van der Waals surface area contributed by atoms with Crippen LogP contribution in [0.25, 0.3) is 10.9 Å². The summed E-state index contributed by atoms with van der Waals surface area (Å²) in [6.45, 7) is 1.70. The number of para-hydroxylation sites is 1. The lowest BCUT2D eigenvalue weighted by atomic mass is 10.1. The van der Waals surface area contributed by atoms with Crippen molar-refractivity contribution in [3.63, 3.8) is 0 Å². The molecule has 4 nitrogen and oxygen atoms in total. The normalized spacial score (nSPS) is 11.4. The highest BCUT2D eigenvalue weighted by Gasteiger charge is 2.35. The van der Waals surface area contributed by atoms with Crippen LogP contribution in [-0.2, 0) is 28.7 Å².